The third-order valence-corrected chi connectivity index (χ3v) is 3.96. The summed E-state index contributed by atoms with van der Waals surface area (Å²) < 4.78 is 1.22. The topological polar surface area (TPSA) is 15.3 Å². The minimum absolute atomic E-state index is 0.772. The highest BCUT2D eigenvalue weighted by atomic mass is 79.9. The lowest BCUT2D eigenvalue weighted by atomic mass is 10.1. The summed E-state index contributed by atoms with van der Waals surface area (Å²) >= 11 is 3.69. The molecular weight excluding hydrogens is 300 g/mol. The Morgan fingerprint density at radius 1 is 1.32 bits per heavy atom. The number of hydrogen-bond donors (Lipinski definition) is 1. The second kappa shape index (κ2) is 8.72. The highest BCUT2D eigenvalue weighted by Gasteiger charge is 2.06. The standard InChI is InChI=1S/C16H27BrN2/c1-5-18-11-14-6-7-15(16(17)10-14)12-19(4)9-8-13(2)3/h6-7,10,13,18H,5,8-9,11-12H2,1-4H3. The van der Waals surface area contributed by atoms with Gasteiger partial charge in [-0.2, -0.15) is 0 Å². The Bertz CT molecular complexity index is 377. The smallest absolute Gasteiger partial charge is 0.0241 e. The third-order valence-electron chi connectivity index (χ3n) is 3.23. The van der Waals surface area contributed by atoms with E-state index in [0.717, 1.165) is 32.1 Å². The highest BCUT2D eigenvalue weighted by molar-refractivity contribution is 9.10. The predicted octanol–water partition coefficient (Wildman–Crippen LogP) is 4.04. The molecule has 0 bridgehead atoms. The maximum absolute atomic E-state index is 3.69. The van der Waals surface area contributed by atoms with Crippen molar-refractivity contribution >= 4 is 15.9 Å². The lowest BCUT2D eigenvalue weighted by Gasteiger charge is -2.19. The first kappa shape index (κ1) is 16.7. The van der Waals surface area contributed by atoms with E-state index >= 15 is 0 Å². The van der Waals surface area contributed by atoms with Gasteiger partial charge in [-0.15, -0.1) is 0 Å². The van der Waals surface area contributed by atoms with E-state index in [2.05, 4.69) is 72.2 Å². The quantitative estimate of drug-likeness (QED) is 0.775. The molecule has 0 heterocycles. The van der Waals surface area contributed by atoms with Crippen molar-refractivity contribution in [2.75, 3.05) is 20.1 Å². The Hall–Kier alpha value is -0.380. The first-order chi connectivity index (χ1) is 9.02. The SMILES string of the molecule is CCNCc1ccc(CN(C)CCC(C)C)c(Br)c1. The highest BCUT2D eigenvalue weighted by Crippen LogP contribution is 2.20. The van der Waals surface area contributed by atoms with Gasteiger partial charge in [0.15, 0.2) is 0 Å². The van der Waals surface area contributed by atoms with E-state index in [1.54, 1.807) is 0 Å². The molecule has 0 aliphatic rings. The van der Waals surface area contributed by atoms with Crippen molar-refractivity contribution in [3.8, 4) is 0 Å². The van der Waals surface area contributed by atoms with Crippen LogP contribution in [-0.4, -0.2) is 25.0 Å². The number of benzene rings is 1. The molecule has 1 rings (SSSR count). The van der Waals surface area contributed by atoms with E-state index in [9.17, 15) is 0 Å². The summed E-state index contributed by atoms with van der Waals surface area (Å²) in [5, 5.41) is 3.35. The van der Waals surface area contributed by atoms with Crippen LogP contribution >= 0.6 is 15.9 Å². The normalized spacial score (nSPS) is 11.5. The van der Waals surface area contributed by atoms with Crippen molar-refractivity contribution in [1.82, 2.24) is 10.2 Å². The van der Waals surface area contributed by atoms with E-state index in [1.165, 1.54) is 22.0 Å². The summed E-state index contributed by atoms with van der Waals surface area (Å²) in [5.41, 5.74) is 2.70. The first-order valence-corrected chi connectivity index (χ1v) is 7.98. The molecular formula is C16H27BrN2. The van der Waals surface area contributed by atoms with Crippen LogP contribution in [0.4, 0.5) is 0 Å². The van der Waals surface area contributed by atoms with Gasteiger partial charge < -0.3 is 10.2 Å². The van der Waals surface area contributed by atoms with Gasteiger partial charge in [0.2, 0.25) is 0 Å². The van der Waals surface area contributed by atoms with Gasteiger partial charge in [0, 0.05) is 17.6 Å². The molecule has 0 unspecified atom stereocenters. The average Bonchev–Trinajstić information content (AvgIpc) is 2.37. The van der Waals surface area contributed by atoms with Crippen LogP contribution in [0.15, 0.2) is 22.7 Å². The van der Waals surface area contributed by atoms with Crippen LogP contribution in [0.1, 0.15) is 38.3 Å². The van der Waals surface area contributed by atoms with Gasteiger partial charge in [-0.25, -0.2) is 0 Å². The van der Waals surface area contributed by atoms with Crippen LogP contribution in [0.5, 0.6) is 0 Å². The number of nitrogens with zero attached hydrogens (tertiary/aromatic N) is 1. The third kappa shape index (κ3) is 6.55. The minimum atomic E-state index is 0.772. The van der Waals surface area contributed by atoms with Crippen LogP contribution < -0.4 is 5.32 Å². The average molecular weight is 327 g/mol. The van der Waals surface area contributed by atoms with Crippen molar-refractivity contribution < 1.29 is 0 Å². The maximum Gasteiger partial charge on any atom is 0.0241 e. The fourth-order valence-corrected chi connectivity index (χ4v) is 2.50. The molecule has 0 aliphatic heterocycles. The molecule has 19 heavy (non-hydrogen) atoms. The summed E-state index contributed by atoms with van der Waals surface area (Å²) in [6.07, 6.45) is 1.26. The first-order valence-electron chi connectivity index (χ1n) is 7.19. The molecule has 0 saturated carbocycles. The molecule has 108 valence electrons. The van der Waals surface area contributed by atoms with Gasteiger partial charge >= 0.3 is 0 Å². The molecule has 1 N–H and O–H groups in total. The van der Waals surface area contributed by atoms with Crippen LogP contribution in [0, 0.1) is 5.92 Å². The van der Waals surface area contributed by atoms with Crippen molar-refractivity contribution in [2.24, 2.45) is 5.92 Å². The molecule has 0 saturated heterocycles. The van der Waals surface area contributed by atoms with Gasteiger partial charge in [-0.3, -0.25) is 0 Å². The molecule has 0 spiro atoms. The Kier molecular flexibility index (Phi) is 7.66. The minimum Gasteiger partial charge on any atom is -0.313 e. The Morgan fingerprint density at radius 3 is 2.63 bits per heavy atom. The monoisotopic (exact) mass is 326 g/mol. The Balaban J connectivity index is 2.54. The van der Waals surface area contributed by atoms with Crippen LogP contribution in [0.25, 0.3) is 0 Å². The van der Waals surface area contributed by atoms with Gasteiger partial charge in [-0.05, 0) is 49.7 Å². The summed E-state index contributed by atoms with van der Waals surface area (Å²) in [6.45, 7) is 10.8. The number of halogens is 1. The second-order valence-electron chi connectivity index (χ2n) is 5.63. The van der Waals surface area contributed by atoms with Gasteiger partial charge in [0.1, 0.15) is 0 Å². The van der Waals surface area contributed by atoms with E-state index in [1.807, 2.05) is 0 Å². The lowest BCUT2D eigenvalue weighted by molar-refractivity contribution is 0.303. The van der Waals surface area contributed by atoms with Crippen molar-refractivity contribution in [2.45, 2.75) is 40.3 Å². The van der Waals surface area contributed by atoms with Crippen LogP contribution in [-0.2, 0) is 13.1 Å². The van der Waals surface area contributed by atoms with Gasteiger partial charge in [-0.1, -0.05) is 48.8 Å². The lowest BCUT2D eigenvalue weighted by Crippen LogP contribution is -2.20. The molecule has 2 nitrogen and oxygen atoms in total. The molecule has 0 fully saturated rings. The molecule has 0 aliphatic carbocycles. The molecule has 0 amide bonds. The van der Waals surface area contributed by atoms with Crippen LogP contribution in [0.2, 0.25) is 0 Å². The summed E-state index contributed by atoms with van der Waals surface area (Å²) in [6, 6.07) is 6.69. The van der Waals surface area contributed by atoms with Crippen molar-refractivity contribution in [1.29, 1.82) is 0 Å². The molecule has 1 aromatic rings. The van der Waals surface area contributed by atoms with Crippen molar-refractivity contribution in [3.63, 3.8) is 0 Å². The van der Waals surface area contributed by atoms with E-state index < -0.39 is 0 Å². The molecule has 0 aromatic heterocycles. The molecule has 0 atom stereocenters. The molecule has 0 radical (unpaired) electrons. The Morgan fingerprint density at radius 2 is 2.05 bits per heavy atom. The number of rotatable bonds is 8. The largest absolute Gasteiger partial charge is 0.313 e. The number of hydrogen-bond acceptors (Lipinski definition) is 2. The van der Waals surface area contributed by atoms with Gasteiger partial charge in [0.25, 0.3) is 0 Å². The maximum atomic E-state index is 3.69. The fraction of sp³-hybridized carbons (Fsp3) is 0.625. The zero-order valence-corrected chi connectivity index (χ0v) is 14.3. The van der Waals surface area contributed by atoms with Crippen LogP contribution in [0.3, 0.4) is 0 Å². The summed E-state index contributed by atoms with van der Waals surface area (Å²) in [4.78, 5) is 2.39. The summed E-state index contributed by atoms with van der Waals surface area (Å²) in [7, 11) is 2.20. The van der Waals surface area contributed by atoms with Gasteiger partial charge in [0.05, 0.1) is 0 Å². The molecule has 1 aromatic carbocycles. The zero-order chi connectivity index (χ0) is 14.3. The fourth-order valence-electron chi connectivity index (χ4n) is 1.95. The van der Waals surface area contributed by atoms with E-state index in [4.69, 9.17) is 0 Å². The molecule has 3 heteroatoms. The Labute approximate surface area is 126 Å². The van der Waals surface area contributed by atoms with Crippen molar-refractivity contribution in [3.05, 3.63) is 33.8 Å². The second-order valence-corrected chi connectivity index (χ2v) is 6.48. The summed E-state index contributed by atoms with van der Waals surface area (Å²) in [5.74, 6) is 0.772. The number of nitrogens with one attached hydrogen (secondary N) is 1. The van der Waals surface area contributed by atoms with E-state index in [0.29, 0.717) is 0 Å². The zero-order valence-electron chi connectivity index (χ0n) is 12.7. The predicted molar refractivity (Wildman–Crippen MR) is 87.3 cm³/mol. The van der Waals surface area contributed by atoms with E-state index in [-0.39, 0.29) is 0 Å².